The summed E-state index contributed by atoms with van der Waals surface area (Å²) in [5.41, 5.74) is 6.79. The highest BCUT2D eigenvalue weighted by Gasteiger charge is 2.10. The van der Waals surface area contributed by atoms with E-state index >= 15 is 0 Å². The summed E-state index contributed by atoms with van der Waals surface area (Å²) in [7, 11) is 1.65. The number of nitrogens with zero attached hydrogens (tertiary/aromatic N) is 1. The molecule has 0 radical (unpaired) electrons. The number of halogens is 2. The zero-order valence-electron chi connectivity index (χ0n) is 12.9. The third-order valence-corrected chi connectivity index (χ3v) is 3.52. The van der Waals surface area contributed by atoms with Crippen molar-refractivity contribution in [2.45, 2.75) is 19.4 Å². The number of rotatable bonds is 9. The van der Waals surface area contributed by atoms with Gasteiger partial charge in [0.25, 0.3) is 0 Å². The van der Waals surface area contributed by atoms with E-state index in [2.05, 4.69) is 10.3 Å². The van der Waals surface area contributed by atoms with Crippen molar-refractivity contribution in [2.75, 3.05) is 33.5 Å². The molecule has 1 aromatic carbocycles. The Morgan fingerprint density at radius 2 is 2.09 bits per heavy atom. The zero-order valence-corrected chi connectivity index (χ0v) is 14.5. The van der Waals surface area contributed by atoms with Crippen LogP contribution < -0.4 is 11.1 Å². The minimum Gasteiger partial charge on any atom is -0.382 e. The summed E-state index contributed by atoms with van der Waals surface area (Å²) in [5.74, 6) is 0.385. The van der Waals surface area contributed by atoms with Crippen LogP contribution in [0.15, 0.2) is 23.2 Å². The maximum absolute atomic E-state index is 6.16. The number of ether oxygens (including phenoxy) is 2. The predicted octanol–water partition coefficient (Wildman–Crippen LogP) is 3.01. The summed E-state index contributed by atoms with van der Waals surface area (Å²) in [6.45, 7) is 4.41. The second-order valence-corrected chi connectivity index (χ2v) is 5.60. The van der Waals surface area contributed by atoms with E-state index in [4.69, 9.17) is 38.4 Å². The lowest BCUT2D eigenvalue weighted by molar-refractivity contribution is 0.0702. The van der Waals surface area contributed by atoms with E-state index in [1.165, 1.54) is 0 Å². The van der Waals surface area contributed by atoms with Gasteiger partial charge in [-0.3, -0.25) is 4.99 Å². The summed E-state index contributed by atoms with van der Waals surface area (Å²) in [5, 5.41) is 4.32. The van der Waals surface area contributed by atoms with Gasteiger partial charge in [-0.15, -0.1) is 0 Å². The second kappa shape index (κ2) is 10.7. The normalized spacial score (nSPS) is 13.2. The first-order valence-corrected chi connectivity index (χ1v) is 7.88. The molecule has 0 aliphatic rings. The van der Waals surface area contributed by atoms with Crippen molar-refractivity contribution in [1.82, 2.24) is 5.32 Å². The van der Waals surface area contributed by atoms with Gasteiger partial charge in [-0.1, -0.05) is 29.3 Å². The highest BCUT2D eigenvalue weighted by atomic mass is 35.5. The Morgan fingerprint density at radius 1 is 1.32 bits per heavy atom. The van der Waals surface area contributed by atoms with Crippen LogP contribution in [0.5, 0.6) is 0 Å². The molecular formula is C15H23Cl2N3O2. The second-order valence-electron chi connectivity index (χ2n) is 4.76. The molecule has 22 heavy (non-hydrogen) atoms. The van der Waals surface area contributed by atoms with Crippen molar-refractivity contribution in [2.24, 2.45) is 10.7 Å². The van der Waals surface area contributed by atoms with Crippen molar-refractivity contribution >= 4 is 29.2 Å². The van der Waals surface area contributed by atoms with Crippen molar-refractivity contribution < 1.29 is 9.47 Å². The van der Waals surface area contributed by atoms with Gasteiger partial charge in [0.2, 0.25) is 0 Å². The molecule has 0 aliphatic carbocycles. The Bertz CT molecular complexity index is 484. The minimum atomic E-state index is -0.0496. The van der Waals surface area contributed by atoms with Gasteiger partial charge < -0.3 is 20.5 Å². The smallest absolute Gasteiger partial charge is 0.189 e. The number of methoxy groups -OCH3 is 1. The third kappa shape index (κ3) is 7.31. The number of aliphatic imine (C=N–C) groups is 1. The van der Waals surface area contributed by atoms with Crippen LogP contribution in [-0.4, -0.2) is 39.4 Å². The monoisotopic (exact) mass is 347 g/mol. The molecule has 0 heterocycles. The van der Waals surface area contributed by atoms with Gasteiger partial charge >= 0.3 is 0 Å². The van der Waals surface area contributed by atoms with Crippen molar-refractivity contribution in [3.63, 3.8) is 0 Å². The van der Waals surface area contributed by atoms with Gasteiger partial charge in [-0.2, -0.15) is 0 Å². The Labute approximate surface area is 141 Å². The average molecular weight is 348 g/mol. The van der Waals surface area contributed by atoms with Crippen LogP contribution in [0.3, 0.4) is 0 Å². The molecule has 0 spiro atoms. The first kappa shape index (κ1) is 19.0. The molecule has 1 rings (SSSR count). The largest absolute Gasteiger partial charge is 0.382 e. The van der Waals surface area contributed by atoms with Crippen LogP contribution >= 0.6 is 23.2 Å². The molecule has 0 aliphatic heterocycles. The first-order valence-electron chi connectivity index (χ1n) is 7.12. The van der Waals surface area contributed by atoms with Crippen LogP contribution in [0, 0.1) is 0 Å². The van der Waals surface area contributed by atoms with Gasteiger partial charge in [-0.05, 0) is 31.0 Å². The molecule has 1 aromatic rings. The maximum Gasteiger partial charge on any atom is 0.189 e. The number of hydrogen-bond donors (Lipinski definition) is 2. The maximum atomic E-state index is 6.16. The molecule has 0 aromatic heterocycles. The summed E-state index contributed by atoms with van der Waals surface area (Å²) in [6.07, 6.45) is 0.808. The molecule has 0 bridgehead atoms. The summed E-state index contributed by atoms with van der Waals surface area (Å²) in [6, 6.07) is 5.33. The fourth-order valence-corrected chi connectivity index (χ4v) is 2.38. The molecule has 0 saturated heterocycles. The third-order valence-electron chi connectivity index (χ3n) is 2.95. The standard InChI is InChI=1S/C15H23Cl2N3O2/c1-11(13-5-4-12(16)10-14(13)17)20-15(18)19-6-3-7-22-9-8-21-2/h4-5,10-11H,3,6-9H2,1-2H3,(H3,18,19,20). The van der Waals surface area contributed by atoms with Gasteiger partial charge in [0.05, 0.1) is 19.3 Å². The van der Waals surface area contributed by atoms with E-state index in [-0.39, 0.29) is 6.04 Å². The molecule has 0 fully saturated rings. The molecule has 5 nitrogen and oxygen atoms in total. The lowest BCUT2D eigenvalue weighted by Crippen LogP contribution is -2.34. The number of benzene rings is 1. The van der Waals surface area contributed by atoms with Crippen LogP contribution in [0.4, 0.5) is 0 Å². The first-order chi connectivity index (χ1) is 10.5. The average Bonchev–Trinajstić information content (AvgIpc) is 2.46. The lowest BCUT2D eigenvalue weighted by Gasteiger charge is -2.16. The summed E-state index contributed by atoms with van der Waals surface area (Å²) >= 11 is 12.0. The van der Waals surface area contributed by atoms with E-state index in [9.17, 15) is 0 Å². The van der Waals surface area contributed by atoms with E-state index < -0.39 is 0 Å². The van der Waals surface area contributed by atoms with Gasteiger partial charge in [-0.25, -0.2) is 0 Å². The zero-order chi connectivity index (χ0) is 16.4. The number of hydrogen-bond acceptors (Lipinski definition) is 3. The molecule has 0 amide bonds. The molecule has 1 atom stereocenters. The number of nitrogens with two attached hydrogens (primary N) is 1. The van der Waals surface area contributed by atoms with Crippen LogP contribution in [0.25, 0.3) is 0 Å². The van der Waals surface area contributed by atoms with Crippen molar-refractivity contribution in [3.05, 3.63) is 33.8 Å². The Kier molecular flexibility index (Phi) is 9.24. The SMILES string of the molecule is COCCOCCCN=C(N)NC(C)c1ccc(Cl)cc1Cl. The molecule has 7 heteroatoms. The van der Waals surface area contributed by atoms with E-state index in [0.29, 0.717) is 42.4 Å². The quantitative estimate of drug-likeness (QED) is 0.409. The fourth-order valence-electron chi connectivity index (χ4n) is 1.81. The van der Waals surface area contributed by atoms with Crippen molar-refractivity contribution in [1.29, 1.82) is 0 Å². The number of guanidine groups is 1. The summed E-state index contributed by atoms with van der Waals surface area (Å²) in [4.78, 5) is 4.26. The topological polar surface area (TPSA) is 68.9 Å². The lowest BCUT2D eigenvalue weighted by atomic mass is 10.1. The van der Waals surface area contributed by atoms with Crippen molar-refractivity contribution in [3.8, 4) is 0 Å². The predicted molar refractivity (Wildman–Crippen MR) is 91.8 cm³/mol. The fraction of sp³-hybridized carbons (Fsp3) is 0.533. The van der Waals surface area contributed by atoms with Gasteiger partial charge in [0.1, 0.15) is 0 Å². The highest BCUT2D eigenvalue weighted by Crippen LogP contribution is 2.25. The molecule has 1 unspecified atom stereocenters. The Hall–Kier alpha value is -1.01. The molecule has 3 N–H and O–H groups in total. The van der Waals surface area contributed by atoms with Crippen LogP contribution in [-0.2, 0) is 9.47 Å². The minimum absolute atomic E-state index is 0.0496. The molecular weight excluding hydrogens is 325 g/mol. The Balaban J connectivity index is 2.33. The Morgan fingerprint density at radius 3 is 2.77 bits per heavy atom. The van der Waals surface area contributed by atoms with Crippen LogP contribution in [0.1, 0.15) is 24.9 Å². The molecule has 124 valence electrons. The van der Waals surface area contributed by atoms with E-state index in [1.807, 2.05) is 13.0 Å². The summed E-state index contributed by atoms with van der Waals surface area (Å²) < 4.78 is 10.2. The van der Waals surface area contributed by atoms with E-state index in [0.717, 1.165) is 12.0 Å². The van der Waals surface area contributed by atoms with Gasteiger partial charge in [0.15, 0.2) is 5.96 Å². The highest BCUT2D eigenvalue weighted by molar-refractivity contribution is 6.35. The number of nitrogens with one attached hydrogen (secondary N) is 1. The molecule has 0 saturated carbocycles. The van der Waals surface area contributed by atoms with E-state index in [1.54, 1.807) is 19.2 Å². The van der Waals surface area contributed by atoms with Crippen LogP contribution in [0.2, 0.25) is 10.0 Å². The van der Waals surface area contributed by atoms with Gasteiger partial charge in [0, 0.05) is 30.3 Å².